The van der Waals surface area contributed by atoms with E-state index in [0.29, 0.717) is 5.75 Å². The van der Waals surface area contributed by atoms with Crippen LogP contribution in [0.1, 0.15) is 16.1 Å². The Morgan fingerprint density at radius 2 is 2.15 bits per heavy atom. The number of esters is 1. The minimum absolute atomic E-state index is 0.149. The van der Waals surface area contributed by atoms with E-state index in [0.717, 1.165) is 5.56 Å². The number of nitrogens with zero attached hydrogens (tertiary/aromatic N) is 2. The zero-order valence-corrected chi connectivity index (χ0v) is 10.9. The third-order valence-electron chi connectivity index (χ3n) is 2.41. The van der Waals surface area contributed by atoms with Crippen LogP contribution in [0.25, 0.3) is 0 Å². The lowest BCUT2D eigenvalue weighted by Crippen LogP contribution is -2.32. The number of rotatable bonds is 4. The molecule has 6 nitrogen and oxygen atoms in total. The molecule has 1 aromatic carbocycles. The van der Waals surface area contributed by atoms with E-state index < -0.39 is 11.9 Å². The molecule has 0 unspecified atom stereocenters. The van der Waals surface area contributed by atoms with Crippen LogP contribution in [0.15, 0.2) is 42.9 Å². The Balaban J connectivity index is 1.85. The van der Waals surface area contributed by atoms with Crippen molar-refractivity contribution in [2.45, 2.75) is 6.92 Å². The van der Waals surface area contributed by atoms with Crippen molar-refractivity contribution < 1.29 is 14.3 Å². The minimum atomic E-state index is -0.548. The molecule has 0 saturated carbocycles. The summed E-state index contributed by atoms with van der Waals surface area (Å²) in [6.07, 6.45) is 4.18. The Morgan fingerprint density at radius 1 is 1.30 bits per heavy atom. The molecule has 0 aliphatic rings. The fourth-order valence-electron chi connectivity index (χ4n) is 1.51. The van der Waals surface area contributed by atoms with Crippen molar-refractivity contribution in [3.05, 3.63) is 54.1 Å². The second-order valence-electron chi connectivity index (χ2n) is 4.06. The monoisotopic (exact) mass is 271 g/mol. The quantitative estimate of drug-likeness (QED) is 0.665. The Kier molecular flexibility index (Phi) is 4.39. The highest BCUT2D eigenvalue weighted by Crippen LogP contribution is 2.12. The topological polar surface area (TPSA) is 81.2 Å². The summed E-state index contributed by atoms with van der Waals surface area (Å²) >= 11 is 0. The molecule has 1 amide bonds. The number of amides is 1. The Morgan fingerprint density at radius 3 is 2.85 bits per heavy atom. The molecule has 0 saturated heterocycles. The Bertz CT molecular complexity index is 614. The van der Waals surface area contributed by atoms with Gasteiger partial charge >= 0.3 is 5.97 Å². The van der Waals surface area contributed by atoms with Gasteiger partial charge in [0, 0.05) is 12.4 Å². The van der Waals surface area contributed by atoms with Gasteiger partial charge < -0.3 is 10.1 Å². The highest BCUT2D eigenvalue weighted by molar-refractivity contribution is 5.94. The van der Waals surface area contributed by atoms with Crippen molar-refractivity contribution in [2.75, 3.05) is 6.54 Å². The van der Waals surface area contributed by atoms with Crippen LogP contribution in [-0.2, 0) is 4.79 Å². The number of aryl methyl sites for hydroxylation is 1. The number of aromatic nitrogens is 2. The number of carbonyl (C=O) groups is 2. The average Bonchev–Trinajstić information content (AvgIpc) is 2.46. The molecule has 0 bridgehead atoms. The molecule has 1 heterocycles. The van der Waals surface area contributed by atoms with E-state index >= 15 is 0 Å². The predicted octanol–water partition coefficient (Wildman–Crippen LogP) is 1.12. The molecular weight excluding hydrogens is 258 g/mol. The minimum Gasteiger partial charge on any atom is -0.425 e. The maximum atomic E-state index is 11.6. The van der Waals surface area contributed by atoms with E-state index in [1.807, 2.05) is 13.0 Å². The van der Waals surface area contributed by atoms with Crippen LogP contribution >= 0.6 is 0 Å². The smallest absolute Gasteiger partial charge is 0.330 e. The van der Waals surface area contributed by atoms with Gasteiger partial charge in [0.25, 0.3) is 5.91 Å². The Labute approximate surface area is 115 Å². The number of ether oxygens (including phenoxy) is 1. The van der Waals surface area contributed by atoms with Crippen molar-refractivity contribution in [1.29, 1.82) is 0 Å². The largest absolute Gasteiger partial charge is 0.425 e. The van der Waals surface area contributed by atoms with Crippen LogP contribution in [0, 0.1) is 6.92 Å². The van der Waals surface area contributed by atoms with Crippen molar-refractivity contribution in [1.82, 2.24) is 15.3 Å². The molecule has 1 aromatic heterocycles. The van der Waals surface area contributed by atoms with Crippen LogP contribution < -0.4 is 10.1 Å². The number of carbonyl (C=O) groups excluding carboxylic acids is 2. The zero-order chi connectivity index (χ0) is 14.4. The highest BCUT2D eigenvalue weighted by atomic mass is 16.5. The molecular formula is C14H13N3O3. The van der Waals surface area contributed by atoms with Crippen LogP contribution in [0.4, 0.5) is 0 Å². The summed E-state index contributed by atoms with van der Waals surface area (Å²) in [5.41, 5.74) is 1.13. The van der Waals surface area contributed by atoms with Gasteiger partial charge in [-0.3, -0.25) is 9.78 Å². The molecule has 0 aliphatic carbocycles. The van der Waals surface area contributed by atoms with Gasteiger partial charge in [0.15, 0.2) is 0 Å². The molecule has 1 N–H and O–H groups in total. The molecule has 20 heavy (non-hydrogen) atoms. The van der Waals surface area contributed by atoms with Crippen molar-refractivity contribution in [2.24, 2.45) is 0 Å². The van der Waals surface area contributed by atoms with Gasteiger partial charge in [-0.1, -0.05) is 12.1 Å². The SMILES string of the molecule is Cc1cccc(OC(=O)CNC(=O)c2cnccn2)c1. The van der Waals surface area contributed by atoms with Gasteiger partial charge in [-0.2, -0.15) is 0 Å². The van der Waals surface area contributed by atoms with Gasteiger partial charge in [-0.25, -0.2) is 9.78 Å². The van der Waals surface area contributed by atoms with E-state index in [1.54, 1.807) is 18.2 Å². The maximum absolute atomic E-state index is 11.6. The van der Waals surface area contributed by atoms with Crippen LogP contribution in [0.2, 0.25) is 0 Å². The maximum Gasteiger partial charge on any atom is 0.330 e. The van der Waals surface area contributed by atoms with Gasteiger partial charge in [-0.15, -0.1) is 0 Å². The van der Waals surface area contributed by atoms with Crippen LogP contribution in [-0.4, -0.2) is 28.4 Å². The summed E-state index contributed by atoms with van der Waals surface area (Å²) in [5, 5.41) is 2.42. The van der Waals surface area contributed by atoms with Gasteiger partial charge in [0.05, 0.1) is 6.20 Å². The first kappa shape index (κ1) is 13.7. The molecule has 2 aromatic rings. The van der Waals surface area contributed by atoms with E-state index in [2.05, 4.69) is 15.3 Å². The highest BCUT2D eigenvalue weighted by Gasteiger charge is 2.10. The van der Waals surface area contributed by atoms with Gasteiger partial charge in [0.1, 0.15) is 18.0 Å². The first-order valence-corrected chi connectivity index (χ1v) is 5.97. The standard InChI is InChI=1S/C14H13N3O3/c1-10-3-2-4-11(7-10)20-13(18)9-17-14(19)12-8-15-5-6-16-12/h2-8H,9H2,1H3,(H,17,19). The summed E-state index contributed by atoms with van der Waals surface area (Å²) in [5.74, 6) is -0.573. The second kappa shape index (κ2) is 6.42. The van der Waals surface area contributed by atoms with Gasteiger partial charge in [-0.05, 0) is 24.6 Å². The second-order valence-corrected chi connectivity index (χ2v) is 4.06. The van der Waals surface area contributed by atoms with E-state index in [1.165, 1.54) is 18.6 Å². The van der Waals surface area contributed by atoms with E-state index in [9.17, 15) is 9.59 Å². The predicted molar refractivity (Wildman–Crippen MR) is 71.2 cm³/mol. The molecule has 0 atom stereocenters. The lowest BCUT2D eigenvalue weighted by atomic mass is 10.2. The number of hydrogen-bond acceptors (Lipinski definition) is 5. The first-order valence-electron chi connectivity index (χ1n) is 5.97. The lowest BCUT2D eigenvalue weighted by Gasteiger charge is -2.06. The molecule has 0 radical (unpaired) electrons. The zero-order valence-electron chi connectivity index (χ0n) is 10.9. The average molecular weight is 271 g/mol. The number of nitrogens with one attached hydrogen (secondary N) is 1. The fourth-order valence-corrected chi connectivity index (χ4v) is 1.51. The van der Waals surface area contributed by atoms with Crippen molar-refractivity contribution in [3.63, 3.8) is 0 Å². The van der Waals surface area contributed by atoms with E-state index in [-0.39, 0.29) is 12.2 Å². The lowest BCUT2D eigenvalue weighted by molar-refractivity contribution is -0.133. The van der Waals surface area contributed by atoms with E-state index in [4.69, 9.17) is 4.74 Å². The summed E-state index contributed by atoms with van der Waals surface area (Å²) in [7, 11) is 0. The summed E-state index contributed by atoms with van der Waals surface area (Å²) in [4.78, 5) is 30.8. The third kappa shape index (κ3) is 3.88. The molecule has 0 fully saturated rings. The number of benzene rings is 1. The molecule has 0 spiro atoms. The fraction of sp³-hybridized carbons (Fsp3) is 0.143. The molecule has 2 rings (SSSR count). The summed E-state index contributed by atoms with van der Waals surface area (Å²) in [6, 6.07) is 7.10. The number of hydrogen-bond donors (Lipinski definition) is 1. The summed E-state index contributed by atoms with van der Waals surface area (Å²) < 4.78 is 5.09. The first-order chi connectivity index (χ1) is 9.65. The van der Waals surface area contributed by atoms with Crippen LogP contribution in [0.5, 0.6) is 5.75 Å². The molecule has 0 aliphatic heterocycles. The van der Waals surface area contributed by atoms with Gasteiger partial charge in [0.2, 0.25) is 0 Å². The van der Waals surface area contributed by atoms with Crippen molar-refractivity contribution in [3.8, 4) is 5.75 Å². The van der Waals surface area contributed by atoms with Crippen LogP contribution in [0.3, 0.4) is 0 Å². The molecule has 6 heteroatoms. The normalized spacial score (nSPS) is 9.85. The molecule has 102 valence electrons. The van der Waals surface area contributed by atoms with Crippen molar-refractivity contribution >= 4 is 11.9 Å². The summed E-state index contributed by atoms with van der Waals surface area (Å²) in [6.45, 7) is 1.66. The Hall–Kier alpha value is -2.76. The third-order valence-corrected chi connectivity index (χ3v) is 2.41.